The monoisotopic (exact) mass is 180 g/mol. The molecule has 0 aliphatic heterocycles. The molecule has 0 unspecified atom stereocenters. The highest BCUT2D eigenvalue weighted by Gasteiger charge is 2.09. The lowest BCUT2D eigenvalue weighted by Gasteiger charge is -1.98. The fourth-order valence-corrected chi connectivity index (χ4v) is 1.00. The summed E-state index contributed by atoms with van der Waals surface area (Å²) in [4.78, 5) is 10.5. The van der Waals surface area contributed by atoms with Crippen LogP contribution in [-0.4, -0.2) is 11.1 Å². The maximum Gasteiger partial charge on any atom is 0.338 e. The SMILES string of the molecule is C/C=C\c1ccc(F)c(C(=O)O)c1. The highest BCUT2D eigenvalue weighted by molar-refractivity contribution is 5.88. The first-order chi connectivity index (χ1) is 6.15. The van der Waals surface area contributed by atoms with Crippen LogP contribution < -0.4 is 0 Å². The molecule has 1 N–H and O–H groups in total. The van der Waals surface area contributed by atoms with E-state index in [1.165, 1.54) is 12.1 Å². The summed E-state index contributed by atoms with van der Waals surface area (Å²) >= 11 is 0. The Bertz CT molecular complexity index is 356. The van der Waals surface area contributed by atoms with Gasteiger partial charge >= 0.3 is 5.97 Å². The van der Waals surface area contributed by atoms with Crippen molar-refractivity contribution in [1.29, 1.82) is 0 Å². The minimum Gasteiger partial charge on any atom is -0.478 e. The van der Waals surface area contributed by atoms with Crippen LogP contribution >= 0.6 is 0 Å². The van der Waals surface area contributed by atoms with Crippen LogP contribution in [-0.2, 0) is 0 Å². The van der Waals surface area contributed by atoms with Crippen molar-refractivity contribution in [3.63, 3.8) is 0 Å². The Labute approximate surface area is 75.3 Å². The molecule has 0 bridgehead atoms. The van der Waals surface area contributed by atoms with E-state index in [0.717, 1.165) is 6.07 Å². The van der Waals surface area contributed by atoms with Gasteiger partial charge in [-0.25, -0.2) is 9.18 Å². The second-order valence-electron chi connectivity index (χ2n) is 2.54. The summed E-state index contributed by atoms with van der Waals surface area (Å²) < 4.78 is 12.9. The molecule has 0 aliphatic carbocycles. The zero-order valence-corrected chi connectivity index (χ0v) is 7.12. The minimum atomic E-state index is -1.25. The Hall–Kier alpha value is -1.64. The van der Waals surface area contributed by atoms with E-state index in [2.05, 4.69) is 0 Å². The Kier molecular flexibility index (Phi) is 2.80. The lowest BCUT2D eigenvalue weighted by atomic mass is 10.1. The average Bonchev–Trinajstić information content (AvgIpc) is 2.08. The van der Waals surface area contributed by atoms with E-state index in [9.17, 15) is 9.18 Å². The summed E-state index contributed by atoms with van der Waals surface area (Å²) in [6, 6.07) is 3.98. The van der Waals surface area contributed by atoms with Crippen molar-refractivity contribution in [3.05, 3.63) is 41.2 Å². The van der Waals surface area contributed by atoms with E-state index in [1.807, 2.05) is 6.92 Å². The molecule has 0 aromatic heterocycles. The number of halogens is 1. The molecule has 1 rings (SSSR count). The van der Waals surface area contributed by atoms with Crippen molar-refractivity contribution in [2.75, 3.05) is 0 Å². The van der Waals surface area contributed by atoms with Crippen LogP contribution in [0.5, 0.6) is 0 Å². The van der Waals surface area contributed by atoms with E-state index >= 15 is 0 Å². The molecule has 0 saturated carbocycles. The molecule has 0 aliphatic rings. The maximum atomic E-state index is 12.9. The van der Waals surface area contributed by atoms with Gasteiger partial charge < -0.3 is 5.11 Å². The predicted octanol–water partition coefficient (Wildman–Crippen LogP) is 2.56. The van der Waals surface area contributed by atoms with E-state index < -0.39 is 11.8 Å². The molecule has 68 valence electrons. The summed E-state index contributed by atoms with van der Waals surface area (Å²) in [6.07, 6.45) is 3.48. The van der Waals surface area contributed by atoms with Crippen molar-refractivity contribution in [1.82, 2.24) is 0 Å². The van der Waals surface area contributed by atoms with E-state index in [-0.39, 0.29) is 5.56 Å². The molecule has 13 heavy (non-hydrogen) atoms. The molecular formula is C10H9FO2. The number of rotatable bonds is 2. The van der Waals surface area contributed by atoms with Crippen LogP contribution in [0.2, 0.25) is 0 Å². The summed E-state index contributed by atoms with van der Waals surface area (Å²) in [5, 5.41) is 8.59. The highest BCUT2D eigenvalue weighted by Crippen LogP contribution is 2.11. The van der Waals surface area contributed by atoms with Gasteiger partial charge in [-0.15, -0.1) is 0 Å². The zero-order chi connectivity index (χ0) is 9.84. The van der Waals surface area contributed by atoms with Gasteiger partial charge in [-0.2, -0.15) is 0 Å². The Morgan fingerprint density at radius 1 is 1.54 bits per heavy atom. The van der Waals surface area contributed by atoms with Gasteiger partial charge in [0.05, 0.1) is 5.56 Å². The summed E-state index contributed by atoms with van der Waals surface area (Å²) in [7, 11) is 0. The smallest absolute Gasteiger partial charge is 0.338 e. The molecule has 0 atom stereocenters. The quantitative estimate of drug-likeness (QED) is 0.759. The predicted molar refractivity (Wildman–Crippen MR) is 48.1 cm³/mol. The number of carbonyl (C=O) groups is 1. The Morgan fingerprint density at radius 2 is 2.23 bits per heavy atom. The molecule has 0 radical (unpaired) electrons. The second kappa shape index (κ2) is 3.85. The van der Waals surface area contributed by atoms with E-state index in [0.29, 0.717) is 5.56 Å². The number of carboxylic acid groups (broad SMARTS) is 1. The first-order valence-electron chi connectivity index (χ1n) is 3.80. The van der Waals surface area contributed by atoms with E-state index in [1.54, 1.807) is 12.2 Å². The molecule has 0 amide bonds. The van der Waals surface area contributed by atoms with Crippen molar-refractivity contribution < 1.29 is 14.3 Å². The fraction of sp³-hybridized carbons (Fsp3) is 0.100. The van der Waals surface area contributed by atoms with Gasteiger partial charge in [-0.1, -0.05) is 18.2 Å². The van der Waals surface area contributed by atoms with Crippen LogP contribution in [0.4, 0.5) is 4.39 Å². The van der Waals surface area contributed by atoms with Gasteiger partial charge in [0, 0.05) is 0 Å². The van der Waals surface area contributed by atoms with Crippen LogP contribution in [0.25, 0.3) is 6.08 Å². The van der Waals surface area contributed by atoms with Gasteiger partial charge in [0.25, 0.3) is 0 Å². The number of benzene rings is 1. The second-order valence-corrected chi connectivity index (χ2v) is 2.54. The van der Waals surface area contributed by atoms with Crippen LogP contribution in [0, 0.1) is 5.82 Å². The number of hydrogen-bond acceptors (Lipinski definition) is 1. The van der Waals surface area contributed by atoms with Crippen molar-refractivity contribution >= 4 is 12.0 Å². The largest absolute Gasteiger partial charge is 0.478 e. The first-order valence-corrected chi connectivity index (χ1v) is 3.80. The molecule has 3 heteroatoms. The number of aromatic carboxylic acids is 1. The normalized spacial score (nSPS) is 10.6. The summed E-state index contributed by atoms with van der Waals surface area (Å²) in [6.45, 7) is 1.81. The first kappa shape index (κ1) is 9.45. The van der Waals surface area contributed by atoms with Crippen molar-refractivity contribution in [2.45, 2.75) is 6.92 Å². The summed E-state index contributed by atoms with van der Waals surface area (Å²) in [5.41, 5.74) is 0.386. The fourth-order valence-electron chi connectivity index (χ4n) is 1.00. The lowest BCUT2D eigenvalue weighted by Crippen LogP contribution is -2.00. The van der Waals surface area contributed by atoms with Gasteiger partial charge in [-0.05, 0) is 24.6 Å². The molecule has 0 heterocycles. The standard InChI is InChI=1S/C10H9FO2/c1-2-3-7-4-5-9(11)8(6-7)10(12)13/h2-6H,1H3,(H,12,13)/b3-2-. The third-order valence-electron chi connectivity index (χ3n) is 1.58. The number of carboxylic acids is 1. The van der Waals surface area contributed by atoms with Gasteiger partial charge in [0.15, 0.2) is 0 Å². The topological polar surface area (TPSA) is 37.3 Å². The molecule has 1 aromatic carbocycles. The van der Waals surface area contributed by atoms with E-state index in [4.69, 9.17) is 5.11 Å². The third-order valence-corrected chi connectivity index (χ3v) is 1.58. The van der Waals surface area contributed by atoms with Crippen LogP contribution in [0.1, 0.15) is 22.8 Å². The van der Waals surface area contributed by atoms with Gasteiger partial charge in [-0.3, -0.25) is 0 Å². The van der Waals surface area contributed by atoms with Crippen molar-refractivity contribution in [3.8, 4) is 0 Å². The third kappa shape index (κ3) is 2.15. The molecule has 0 saturated heterocycles. The molecular weight excluding hydrogens is 171 g/mol. The number of allylic oxidation sites excluding steroid dienone is 1. The zero-order valence-electron chi connectivity index (χ0n) is 7.12. The lowest BCUT2D eigenvalue weighted by molar-refractivity contribution is 0.0692. The Morgan fingerprint density at radius 3 is 2.77 bits per heavy atom. The summed E-state index contributed by atoms with van der Waals surface area (Å²) in [5.74, 6) is -1.95. The average molecular weight is 180 g/mol. The molecule has 0 spiro atoms. The minimum absolute atomic E-state index is 0.296. The Balaban J connectivity index is 3.18. The molecule has 2 nitrogen and oxygen atoms in total. The van der Waals surface area contributed by atoms with Gasteiger partial charge in [0.2, 0.25) is 0 Å². The van der Waals surface area contributed by atoms with Gasteiger partial charge in [0.1, 0.15) is 5.82 Å². The highest BCUT2D eigenvalue weighted by atomic mass is 19.1. The van der Waals surface area contributed by atoms with Crippen LogP contribution in [0.15, 0.2) is 24.3 Å². The maximum absolute atomic E-state index is 12.9. The number of hydrogen-bond donors (Lipinski definition) is 1. The molecule has 1 aromatic rings. The van der Waals surface area contributed by atoms with Crippen LogP contribution in [0.3, 0.4) is 0 Å². The van der Waals surface area contributed by atoms with Crippen molar-refractivity contribution in [2.24, 2.45) is 0 Å². The molecule has 0 fully saturated rings.